The summed E-state index contributed by atoms with van der Waals surface area (Å²) < 4.78 is 5.90. The van der Waals surface area contributed by atoms with Crippen LogP contribution in [0.1, 0.15) is 24.9 Å². The molecular weight excluding hydrogens is 200 g/mol. The van der Waals surface area contributed by atoms with E-state index in [0.717, 1.165) is 30.8 Å². The highest BCUT2D eigenvalue weighted by molar-refractivity contribution is 5.29. The average molecular weight is 220 g/mol. The Kier molecular flexibility index (Phi) is 3.46. The van der Waals surface area contributed by atoms with Gasteiger partial charge in [-0.15, -0.1) is 0 Å². The van der Waals surface area contributed by atoms with E-state index in [2.05, 4.69) is 11.9 Å². The van der Waals surface area contributed by atoms with Crippen LogP contribution in [0.4, 0.5) is 0 Å². The number of likely N-dealkylation sites (tertiary alicyclic amines) is 1. The fourth-order valence-corrected chi connectivity index (χ4v) is 2.03. The molecule has 2 N–H and O–H groups in total. The Balaban J connectivity index is 1.95. The van der Waals surface area contributed by atoms with Gasteiger partial charge in [0.05, 0.1) is 0 Å². The van der Waals surface area contributed by atoms with E-state index in [1.807, 2.05) is 31.2 Å². The number of hydrogen-bond donors (Lipinski definition) is 1. The third kappa shape index (κ3) is 2.74. The Bertz CT molecular complexity index is 334. The lowest BCUT2D eigenvalue weighted by Gasteiger charge is -2.14. The van der Waals surface area contributed by atoms with E-state index >= 15 is 0 Å². The van der Waals surface area contributed by atoms with Gasteiger partial charge in [-0.1, -0.05) is 12.1 Å². The van der Waals surface area contributed by atoms with Crippen LogP contribution < -0.4 is 10.5 Å². The van der Waals surface area contributed by atoms with Gasteiger partial charge in [0, 0.05) is 19.1 Å². The van der Waals surface area contributed by atoms with Gasteiger partial charge in [-0.3, -0.25) is 0 Å². The highest BCUT2D eigenvalue weighted by atomic mass is 16.5. The van der Waals surface area contributed by atoms with Crippen LogP contribution in [-0.4, -0.2) is 31.1 Å². The number of hydrogen-bond acceptors (Lipinski definition) is 3. The molecule has 0 aliphatic carbocycles. The highest BCUT2D eigenvalue weighted by Crippen LogP contribution is 2.20. The largest absolute Gasteiger partial charge is 0.489 e. The van der Waals surface area contributed by atoms with Crippen LogP contribution >= 0.6 is 0 Å². The molecule has 88 valence electrons. The smallest absolute Gasteiger partial charge is 0.119 e. The van der Waals surface area contributed by atoms with Crippen LogP contribution in [0.5, 0.6) is 5.75 Å². The predicted molar refractivity (Wildman–Crippen MR) is 65.6 cm³/mol. The number of likely N-dealkylation sites (N-methyl/N-ethyl adjacent to an activating group) is 1. The molecule has 3 nitrogen and oxygen atoms in total. The maximum Gasteiger partial charge on any atom is 0.119 e. The molecule has 2 rings (SSSR count). The van der Waals surface area contributed by atoms with Crippen LogP contribution in [0, 0.1) is 0 Å². The Morgan fingerprint density at radius 1 is 1.38 bits per heavy atom. The topological polar surface area (TPSA) is 38.5 Å². The third-order valence-corrected chi connectivity index (χ3v) is 3.06. The molecule has 16 heavy (non-hydrogen) atoms. The first kappa shape index (κ1) is 11.4. The average Bonchev–Trinajstić information content (AvgIpc) is 2.65. The lowest BCUT2D eigenvalue weighted by atomic mass is 10.1. The second-order valence-electron chi connectivity index (χ2n) is 4.65. The fraction of sp³-hybridized carbons (Fsp3) is 0.538. The van der Waals surface area contributed by atoms with Gasteiger partial charge in [0.25, 0.3) is 0 Å². The van der Waals surface area contributed by atoms with Crippen molar-refractivity contribution in [2.45, 2.75) is 25.5 Å². The first-order valence-electron chi connectivity index (χ1n) is 5.86. The summed E-state index contributed by atoms with van der Waals surface area (Å²) in [6.07, 6.45) is 1.46. The summed E-state index contributed by atoms with van der Waals surface area (Å²) >= 11 is 0. The molecule has 0 radical (unpaired) electrons. The molecule has 0 bridgehead atoms. The van der Waals surface area contributed by atoms with Crippen molar-refractivity contribution >= 4 is 0 Å². The maximum atomic E-state index is 5.90. The monoisotopic (exact) mass is 220 g/mol. The Morgan fingerprint density at radius 3 is 2.56 bits per heavy atom. The molecule has 0 aromatic heterocycles. The summed E-state index contributed by atoms with van der Waals surface area (Å²) in [6, 6.07) is 8.19. The van der Waals surface area contributed by atoms with E-state index < -0.39 is 0 Å². The minimum atomic E-state index is 0.0895. The fourth-order valence-electron chi connectivity index (χ4n) is 2.03. The summed E-state index contributed by atoms with van der Waals surface area (Å²) in [6.45, 7) is 4.14. The van der Waals surface area contributed by atoms with Gasteiger partial charge in [0.1, 0.15) is 11.9 Å². The van der Waals surface area contributed by atoms with E-state index in [0.29, 0.717) is 6.10 Å². The summed E-state index contributed by atoms with van der Waals surface area (Å²) in [4.78, 5) is 2.29. The molecule has 3 heteroatoms. The Labute approximate surface area is 97.2 Å². The summed E-state index contributed by atoms with van der Waals surface area (Å²) in [5, 5.41) is 0. The van der Waals surface area contributed by atoms with Gasteiger partial charge in [-0.05, 0) is 38.1 Å². The number of benzene rings is 1. The van der Waals surface area contributed by atoms with Crippen molar-refractivity contribution in [3.05, 3.63) is 29.8 Å². The molecule has 1 aliphatic heterocycles. The van der Waals surface area contributed by atoms with E-state index in [1.165, 1.54) is 0 Å². The molecule has 1 aliphatic rings. The molecule has 0 amide bonds. The molecule has 1 fully saturated rings. The molecule has 2 unspecified atom stereocenters. The Hall–Kier alpha value is -1.06. The number of nitrogens with two attached hydrogens (primary N) is 1. The van der Waals surface area contributed by atoms with E-state index in [9.17, 15) is 0 Å². The molecule has 1 heterocycles. The van der Waals surface area contributed by atoms with E-state index in [4.69, 9.17) is 10.5 Å². The zero-order valence-corrected chi connectivity index (χ0v) is 10.0. The minimum Gasteiger partial charge on any atom is -0.489 e. The zero-order valence-electron chi connectivity index (χ0n) is 10.0. The van der Waals surface area contributed by atoms with Crippen molar-refractivity contribution in [3.63, 3.8) is 0 Å². The first-order valence-corrected chi connectivity index (χ1v) is 5.86. The van der Waals surface area contributed by atoms with Crippen LogP contribution in [0.15, 0.2) is 24.3 Å². The van der Waals surface area contributed by atoms with Crippen LogP contribution in [-0.2, 0) is 0 Å². The number of rotatable bonds is 3. The summed E-state index contributed by atoms with van der Waals surface area (Å²) in [7, 11) is 2.13. The molecule has 1 aromatic rings. The van der Waals surface area contributed by atoms with Gasteiger partial charge in [-0.25, -0.2) is 0 Å². The third-order valence-electron chi connectivity index (χ3n) is 3.06. The van der Waals surface area contributed by atoms with Crippen LogP contribution in [0.2, 0.25) is 0 Å². The molecule has 1 saturated heterocycles. The van der Waals surface area contributed by atoms with Crippen molar-refractivity contribution in [2.75, 3.05) is 20.1 Å². The van der Waals surface area contributed by atoms with E-state index in [1.54, 1.807) is 0 Å². The molecule has 0 spiro atoms. The van der Waals surface area contributed by atoms with Gasteiger partial charge >= 0.3 is 0 Å². The lowest BCUT2D eigenvalue weighted by Crippen LogP contribution is -2.21. The first-order chi connectivity index (χ1) is 7.65. The van der Waals surface area contributed by atoms with Crippen molar-refractivity contribution < 1.29 is 4.74 Å². The molecule has 2 atom stereocenters. The number of ether oxygens (including phenoxy) is 1. The molecular formula is C13H20N2O. The lowest BCUT2D eigenvalue weighted by molar-refractivity contribution is 0.208. The van der Waals surface area contributed by atoms with Crippen molar-refractivity contribution in [3.8, 4) is 5.75 Å². The van der Waals surface area contributed by atoms with E-state index in [-0.39, 0.29) is 6.04 Å². The molecule has 1 aromatic carbocycles. The van der Waals surface area contributed by atoms with Crippen molar-refractivity contribution in [1.29, 1.82) is 0 Å². The quantitative estimate of drug-likeness (QED) is 0.844. The second-order valence-corrected chi connectivity index (χ2v) is 4.65. The second kappa shape index (κ2) is 4.85. The van der Waals surface area contributed by atoms with Crippen LogP contribution in [0.25, 0.3) is 0 Å². The van der Waals surface area contributed by atoms with Crippen LogP contribution in [0.3, 0.4) is 0 Å². The van der Waals surface area contributed by atoms with Crippen molar-refractivity contribution in [1.82, 2.24) is 4.90 Å². The van der Waals surface area contributed by atoms with Gasteiger partial charge in [0.2, 0.25) is 0 Å². The normalized spacial score (nSPS) is 23.3. The van der Waals surface area contributed by atoms with Crippen molar-refractivity contribution in [2.24, 2.45) is 5.73 Å². The summed E-state index contributed by atoms with van der Waals surface area (Å²) in [5.74, 6) is 0.949. The highest BCUT2D eigenvalue weighted by Gasteiger charge is 2.20. The maximum absolute atomic E-state index is 5.90. The predicted octanol–water partition coefficient (Wildman–Crippen LogP) is 1.79. The minimum absolute atomic E-state index is 0.0895. The summed E-state index contributed by atoms with van der Waals surface area (Å²) in [5.41, 5.74) is 6.95. The van der Waals surface area contributed by atoms with Gasteiger partial charge < -0.3 is 15.4 Å². The standard InChI is InChI=1S/C13H20N2O/c1-10(14)11-3-5-12(6-4-11)16-13-7-8-15(2)9-13/h3-6,10,13H,7-9,14H2,1-2H3. The van der Waals surface area contributed by atoms with Gasteiger partial charge in [-0.2, -0.15) is 0 Å². The van der Waals surface area contributed by atoms with Gasteiger partial charge in [0.15, 0.2) is 0 Å². The zero-order chi connectivity index (χ0) is 11.5. The Morgan fingerprint density at radius 2 is 2.06 bits per heavy atom. The molecule has 0 saturated carbocycles. The number of nitrogens with zero attached hydrogens (tertiary/aromatic N) is 1. The SMILES string of the molecule is CC(N)c1ccc(OC2CCN(C)C2)cc1.